The second-order valence-corrected chi connectivity index (χ2v) is 12.2. The lowest BCUT2D eigenvalue weighted by atomic mass is 9.94. The number of thioether (sulfide) groups is 1. The summed E-state index contributed by atoms with van der Waals surface area (Å²) in [5.41, 5.74) is 5.93. The molecule has 2 N–H and O–H groups in total. The Morgan fingerprint density at radius 2 is 1.95 bits per heavy atom. The first-order valence-electron chi connectivity index (χ1n) is 13.4. The van der Waals surface area contributed by atoms with E-state index in [9.17, 15) is 4.79 Å². The molecule has 7 nitrogen and oxygen atoms in total. The topological polar surface area (TPSA) is 81.1 Å². The second-order valence-electron chi connectivity index (χ2n) is 9.91. The molecule has 1 aliphatic rings. The summed E-state index contributed by atoms with van der Waals surface area (Å²) in [6.07, 6.45) is 0.855. The SMILES string of the molecule is CCCOc1ccc(Br)cc1C1C(C(=O)Nc2ccc(C)cc2C)=C(C)Nc2nc(SCc3ccccc3Cl)nn21. The van der Waals surface area contributed by atoms with Crippen LogP contribution in [0.4, 0.5) is 11.6 Å². The lowest BCUT2D eigenvalue weighted by Crippen LogP contribution is -2.32. The van der Waals surface area contributed by atoms with Crippen molar-refractivity contribution in [2.24, 2.45) is 0 Å². The van der Waals surface area contributed by atoms with E-state index in [4.69, 9.17) is 26.4 Å². The number of nitrogens with one attached hydrogen (secondary N) is 2. The molecule has 1 aromatic heterocycles. The van der Waals surface area contributed by atoms with E-state index in [1.54, 1.807) is 4.68 Å². The molecule has 0 spiro atoms. The minimum Gasteiger partial charge on any atom is -0.493 e. The van der Waals surface area contributed by atoms with Gasteiger partial charge < -0.3 is 15.4 Å². The zero-order chi connectivity index (χ0) is 29.1. The average molecular weight is 653 g/mol. The van der Waals surface area contributed by atoms with Gasteiger partial charge >= 0.3 is 0 Å². The number of hydrogen-bond donors (Lipinski definition) is 2. The van der Waals surface area contributed by atoms with Gasteiger partial charge in [-0.2, -0.15) is 4.98 Å². The van der Waals surface area contributed by atoms with Crippen LogP contribution in [0.2, 0.25) is 5.02 Å². The Labute approximate surface area is 257 Å². The van der Waals surface area contributed by atoms with Gasteiger partial charge in [-0.1, -0.05) is 82.1 Å². The Morgan fingerprint density at radius 3 is 2.71 bits per heavy atom. The number of fused-ring (bicyclic) bond motifs is 1. The fourth-order valence-corrected chi connectivity index (χ4v) is 6.25. The highest BCUT2D eigenvalue weighted by atomic mass is 79.9. The van der Waals surface area contributed by atoms with Gasteiger partial charge in [-0.3, -0.25) is 4.79 Å². The third-order valence-corrected chi connectivity index (χ3v) is 8.50. The molecular formula is C31H31BrClN5O2S. The number of carbonyl (C=O) groups excluding carboxylic acids is 1. The first-order valence-corrected chi connectivity index (χ1v) is 15.5. The highest BCUT2D eigenvalue weighted by Gasteiger charge is 2.36. The molecule has 0 aliphatic carbocycles. The molecule has 2 heterocycles. The van der Waals surface area contributed by atoms with Crippen LogP contribution in [0.5, 0.6) is 5.75 Å². The summed E-state index contributed by atoms with van der Waals surface area (Å²) in [7, 11) is 0. The van der Waals surface area contributed by atoms with E-state index < -0.39 is 6.04 Å². The molecular weight excluding hydrogens is 622 g/mol. The number of halogens is 2. The summed E-state index contributed by atoms with van der Waals surface area (Å²) in [4.78, 5) is 18.8. The van der Waals surface area contributed by atoms with E-state index in [0.717, 1.165) is 38.8 Å². The maximum atomic E-state index is 14.0. The van der Waals surface area contributed by atoms with Crippen molar-refractivity contribution in [1.82, 2.24) is 14.8 Å². The Morgan fingerprint density at radius 1 is 1.15 bits per heavy atom. The third-order valence-electron chi connectivity index (χ3n) is 6.75. The Balaban J connectivity index is 1.56. The van der Waals surface area contributed by atoms with Gasteiger partial charge in [-0.15, -0.1) is 5.10 Å². The largest absolute Gasteiger partial charge is 0.493 e. The van der Waals surface area contributed by atoms with Crippen molar-refractivity contribution in [3.05, 3.63) is 104 Å². The van der Waals surface area contributed by atoms with Gasteiger partial charge in [-0.05, 0) is 68.7 Å². The molecule has 10 heteroatoms. The average Bonchev–Trinajstić information content (AvgIpc) is 3.35. The number of rotatable bonds is 9. The van der Waals surface area contributed by atoms with E-state index >= 15 is 0 Å². The fraction of sp³-hybridized carbons (Fsp3) is 0.258. The van der Waals surface area contributed by atoms with Gasteiger partial charge in [-0.25, -0.2) is 4.68 Å². The number of ether oxygens (including phenoxy) is 1. The van der Waals surface area contributed by atoms with Gasteiger partial charge in [0.15, 0.2) is 0 Å². The summed E-state index contributed by atoms with van der Waals surface area (Å²) < 4.78 is 8.82. The van der Waals surface area contributed by atoms with Crippen LogP contribution in [-0.4, -0.2) is 27.3 Å². The standard InChI is InChI=1S/C31H31BrClN5O2S/c1-5-14-40-26-13-11-22(32)16-23(26)28-27(29(39)35-25-12-10-18(2)15-19(25)3)20(4)34-30-36-31(37-38(28)30)41-17-21-8-6-7-9-24(21)33/h6-13,15-16,28H,5,14,17H2,1-4H3,(H,35,39)(H,34,36,37). The van der Waals surface area contributed by atoms with Crippen LogP contribution in [0.25, 0.3) is 0 Å². The summed E-state index contributed by atoms with van der Waals surface area (Å²) in [5, 5.41) is 12.6. The molecule has 0 fully saturated rings. The van der Waals surface area contributed by atoms with Crippen LogP contribution in [-0.2, 0) is 10.5 Å². The highest BCUT2D eigenvalue weighted by molar-refractivity contribution is 9.10. The zero-order valence-corrected chi connectivity index (χ0v) is 26.5. The molecule has 3 aromatic carbocycles. The van der Waals surface area contributed by atoms with Crippen molar-refractivity contribution in [2.75, 3.05) is 17.2 Å². The van der Waals surface area contributed by atoms with Crippen LogP contribution in [0.3, 0.4) is 0 Å². The first-order chi connectivity index (χ1) is 19.7. The molecule has 0 saturated heterocycles. The molecule has 1 amide bonds. The zero-order valence-electron chi connectivity index (χ0n) is 23.3. The lowest BCUT2D eigenvalue weighted by molar-refractivity contribution is -0.113. The molecule has 4 aromatic rings. The van der Waals surface area contributed by atoms with Crippen molar-refractivity contribution in [1.29, 1.82) is 0 Å². The number of aryl methyl sites for hydroxylation is 2. The summed E-state index contributed by atoms with van der Waals surface area (Å²) >= 11 is 11.5. The minimum absolute atomic E-state index is 0.222. The number of hydrogen-bond acceptors (Lipinski definition) is 6. The molecule has 5 rings (SSSR count). The Kier molecular flexibility index (Phi) is 9.06. The summed E-state index contributed by atoms with van der Waals surface area (Å²) in [6, 6.07) is 19.0. The number of benzene rings is 3. The monoisotopic (exact) mass is 651 g/mol. The number of allylic oxidation sites excluding steroid dienone is 1. The molecule has 41 heavy (non-hydrogen) atoms. The maximum Gasteiger partial charge on any atom is 0.255 e. The summed E-state index contributed by atoms with van der Waals surface area (Å²) in [5.74, 6) is 1.64. The van der Waals surface area contributed by atoms with E-state index in [1.165, 1.54) is 11.8 Å². The predicted molar refractivity (Wildman–Crippen MR) is 170 cm³/mol. The quantitative estimate of drug-likeness (QED) is 0.177. The number of nitrogens with zero attached hydrogens (tertiary/aromatic N) is 3. The van der Waals surface area contributed by atoms with E-state index in [2.05, 4.69) is 39.6 Å². The molecule has 1 unspecified atom stereocenters. The van der Waals surface area contributed by atoms with Crippen LogP contribution in [0.1, 0.15) is 48.6 Å². The van der Waals surface area contributed by atoms with Crippen LogP contribution in [0, 0.1) is 13.8 Å². The van der Waals surface area contributed by atoms with Gasteiger partial charge in [0.2, 0.25) is 11.1 Å². The highest BCUT2D eigenvalue weighted by Crippen LogP contribution is 2.41. The van der Waals surface area contributed by atoms with E-state index in [-0.39, 0.29) is 5.91 Å². The van der Waals surface area contributed by atoms with E-state index in [0.29, 0.717) is 45.5 Å². The second kappa shape index (κ2) is 12.7. The maximum absolute atomic E-state index is 14.0. The van der Waals surface area contributed by atoms with Gasteiger partial charge in [0.05, 0.1) is 12.2 Å². The molecule has 0 bridgehead atoms. The summed E-state index contributed by atoms with van der Waals surface area (Å²) in [6.45, 7) is 8.53. The van der Waals surface area contributed by atoms with Crippen molar-refractivity contribution in [3.8, 4) is 5.75 Å². The number of aromatic nitrogens is 3. The predicted octanol–water partition coefficient (Wildman–Crippen LogP) is 8.32. The van der Waals surface area contributed by atoms with Crippen molar-refractivity contribution in [3.63, 3.8) is 0 Å². The number of carbonyl (C=O) groups is 1. The lowest BCUT2D eigenvalue weighted by Gasteiger charge is -2.30. The van der Waals surface area contributed by atoms with E-state index in [1.807, 2.05) is 75.4 Å². The minimum atomic E-state index is -0.580. The van der Waals surface area contributed by atoms with Gasteiger partial charge in [0, 0.05) is 32.2 Å². The molecule has 1 aliphatic heterocycles. The Bertz CT molecular complexity index is 1640. The van der Waals surface area contributed by atoms with Crippen LogP contribution < -0.4 is 15.4 Å². The smallest absolute Gasteiger partial charge is 0.255 e. The molecule has 0 saturated carbocycles. The first kappa shape index (κ1) is 29.2. The third kappa shape index (κ3) is 6.47. The molecule has 0 radical (unpaired) electrons. The van der Waals surface area contributed by atoms with Crippen molar-refractivity contribution < 1.29 is 9.53 Å². The van der Waals surface area contributed by atoms with Gasteiger partial charge in [0.25, 0.3) is 5.91 Å². The van der Waals surface area contributed by atoms with Gasteiger partial charge in [0.1, 0.15) is 11.8 Å². The van der Waals surface area contributed by atoms with Crippen molar-refractivity contribution in [2.45, 2.75) is 51.1 Å². The number of anilines is 2. The van der Waals surface area contributed by atoms with Crippen LogP contribution in [0.15, 0.2) is 81.6 Å². The molecule has 212 valence electrons. The Hall–Kier alpha value is -3.27. The normalized spacial score (nSPS) is 14.4. The number of amides is 1. The van der Waals surface area contributed by atoms with Crippen molar-refractivity contribution >= 4 is 56.8 Å². The molecule has 1 atom stereocenters. The fourth-order valence-electron chi connectivity index (χ4n) is 4.75. The van der Waals surface area contributed by atoms with Crippen LogP contribution >= 0.6 is 39.3 Å².